The molecule has 2 heterocycles. The van der Waals surface area contributed by atoms with Crippen LogP contribution in [0, 0.1) is 0 Å². The van der Waals surface area contributed by atoms with Crippen LogP contribution < -0.4 is 4.90 Å². The van der Waals surface area contributed by atoms with Crippen molar-refractivity contribution in [1.29, 1.82) is 0 Å². The minimum absolute atomic E-state index is 0.0657. The molecule has 0 N–H and O–H groups in total. The number of rotatable bonds is 4. The minimum atomic E-state index is -0.697. The minimum Gasteiger partial charge on any atom is -0.445 e. The summed E-state index contributed by atoms with van der Waals surface area (Å²) in [5.41, 5.74) is 3.28. The van der Waals surface area contributed by atoms with Gasteiger partial charge < -0.3 is 14.5 Å². The topological polar surface area (TPSA) is 49.9 Å². The van der Waals surface area contributed by atoms with E-state index in [1.54, 1.807) is 4.90 Å². The predicted molar refractivity (Wildman–Crippen MR) is 119 cm³/mol. The zero-order chi connectivity index (χ0) is 21.3. The van der Waals surface area contributed by atoms with Gasteiger partial charge in [0.2, 0.25) is 5.91 Å². The Morgan fingerprint density at radius 3 is 2.26 bits per heavy atom. The molecule has 0 saturated carbocycles. The van der Waals surface area contributed by atoms with Gasteiger partial charge in [0, 0.05) is 18.8 Å². The first kappa shape index (κ1) is 19.4. The van der Waals surface area contributed by atoms with E-state index >= 15 is 0 Å². The van der Waals surface area contributed by atoms with E-state index in [0.29, 0.717) is 26.1 Å². The number of likely N-dealkylation sites (tertiary alicyclic amines) is 1. The van der Waals surface area contributed by atoms with E-state index in [9.17, 15) is 9.59 Å². The molecule has 1 saturated heterocycles. The molecule has 5 nitrogen and oxygen atoms in total. The van der Waals surface area contributed by atoms with Crippen LogP contribution in [0.25, 0.3) is 0 Å². The highest BCUT2D eigenvalue weighted by Gasteiger charge is 2.55. The van der Waals surface area contributed by atoms with Crippen molar-refractivity contribution in [3.63, 3.8) is 0 Å². The first-order valence-corrected chi connectivity index (χ1v) is 10.6. The number of carbonyl (C=O) groups is 2. The second-order valence-electron chi connectivity index (χ2n) is 8.19. The number of benzene rings is 3. The van der Waals surface area contributed by atoms with Gasteiger partial charge in [0.1, 0.15) is 6.61 Å². The highest BCUT2D eigenvalue weighted by Crippen LogP contribution is 2.47. The molecule has 156 valence electrons. The lowest BCUT2D eigenvalue weighted by Crippen LogP contribution is -2.43. The van der Waals surface area contributed by atoms with E-state index in [2.05, 4.69) is 0 Å². The van der Waals surface area contributed by atoms with Gasteiger partial charge in [-0.15, -0.1) is 0 Å². The number of hydrogen-bond donors (Lipinski definition) is 0. The first-order chi connectivity index (χ1) is 15.2. The number of carbonyl (C=O) groups excluding carboxylic acids is 2. The van der Waals surface area contributed by atoms with Crippen LogP contribution in [-0.4, -0.2) is 30.0 Å². The molecule has 0 aromatic heterocycles. The first-order valence-electron chi connectivity index (χ1n) is 10.6. The van der Waals surface area contributed by atoms with E-state index in [1.165, 1.54) is 0 Å². The zero-order valence-electron chi connectivity index (χ0n) is 17.2. The standard InChI is InChI=1S/C26H24N2O3/c29-24-26(15-16-27(19-26)25(30)31-18-21-11-5-2-6-12-21)22-13-7-8-14-23(22)28(24)17-20-9-3-1-4-10-20/h1-14H,15-19H2/t26-/m1/s1. The summed E-state index contributed by atoms with van der Waals surface area (Å²) in [6.45, 7) is 1.61. The second-order valence-corrected chi connectivity index (χ2v) is 8.19. The highest BCUT2D eigenvalue weighted by molar-refractivity contribution is 6.08. The molecule has 2 aliphatic rings. The van der Waals surface area contributed by atoms with Crippen LogP contribution in [0.4, 0.5) is 10.5 Å². The number of amides is 2. The summed E-state index contributed by atoms with van der Waals surface area (Å²) in [7, 11) is 0. The van der Waals surface area contributed by atoms with E-state index in [-0.39, 0.29) is 18.6 Å². The number of ether oxygens (including phenoxy) is 1. The molecular formula is C26H24N2O3. The Morgan fingerprint density at radius 2 is 1.52 bits per heavy atom. The molecule has 0 radical (unpaired) electrons. The van der Waals surface area contributed by atoms with Crippen LogP contribution in [0.5, 0.6) is 0 Å². The predicted octanol–water partition coefficient (Wildman–Crippen LogP) is 4.51. The van der Waals surface area contributed by atoms with Crippen LogP contribution in [0.2, 0.25) is 0 Å². The summed E-state index contributed by atoms with van der Waals surface area (Å²) >= 11 is 0. The number of hydrogen-bond acceptors (Lipinski definition) is 3. The van der Waals surface area contributed by atoms with Crippen molar-refractivity contribution < 1.29 is 14.3 Å². The fraction of sp³-hybridized carbons (Fsp3) is 0.231. The summed E-state index contributed by atoms with van der Waals surface area (Å²) in [4.78, 5) is 29.9. The Labute approximate surface area is 181 Å². The van der Waals surface area contributed by atoms with Crippen LogP contribution >= 0.6 is 0 Å². The molecule has 0 unspecified atom stereocenters. The summed E-state index contributed by atoms with van der Waals surface area (Å²) in [5, 5.41) is 0. The third kappa shape index (κ3) is 3.46. The molecule has 0 bridgehead atoms. The van der Waals surface area contributed by atoms with Crippen LogP contribution in [0.3, 0.4) is 0 Å². The molecular weight excluding hydrogens is 388 g/mol. The van der Waals surface area contributed by atoms with Gasteiger partial charge >= 0.3 is 6.09 Å². The lowest BCUT2D eigenvalue weighted by atomic mass is 9.81. The van der Waals surface area contributed by atoms with Crippen LogP contribution in [0.15, 0.2) is 84.9 Å². The molecule has 1 atom stereocenters. The largest absolute Gasteiger partial charge is 0.445 e. The van der Waals surface area contributed by atoms with E-state index in [0.717, 1.165) is 22.4 Å². The van der Waals surface area contributed by atoms with Crippen molar-refractivity contribution in [3.8, 4) is 0 Å². The van der Waals surface area contributed by atoms with Gasteiger partial charge in [-0.05, 0) is 29.2 Å². The van der Waals surface area contributed by atoms with Gasteiger partial charge in [0.25, 0.3) is 0 Å². The van der Waals surface area contributed by atoms with Gasteiger partial charge in [-0.1, -0.05) is 78.9 Å². The van der Waals surface area contributed by atoms with Gasteiger partial charge in [-0.25, -0.2) is 4.79 Å². The van der Waals surface area contributed by atoms with Crippen molar-refractivity contribution in [3.05, 3.63) is 102 Å². The van der Waals surface area contributed by atoms with Gasteiger partial charge in [-0.3, -0.25) is 4.79 Å². The van der Waals surface area contributed by atoms with Crippen molar-refractivity contribution in [2.45, 2.75) is 25.0 Å². The monoisotopic (exact) mass is 412 g/mol. The molecule has 5 heteroatoms. The average Bonchev–Trinajstić information content (AvgIpc) is 3.37. The highest BCUT2D eigenvalue weighted by atomic mass is 16.6. The fourth-order valence-corrected chi connectivity index (χ4v) is 4.69. The SMILES string of the molecule is O=C(OCc1ccccc1)N1CC[C@]2(C1)C(=O)N(Cc1ccccc1)c1ccccc12. The zero-order valence-corrected chi connectivity index (χ0v) is 17.2. The summed E-state index contributed by atoms with van der Waals surface area (Å²) in [6, 6.07) is 27.6. The number of anilines is 1. The lowest BCUT2D eigenvalue weighted by Gasteiger charge is -2.24. The Balaban J connectivity index is 1.35. The molecule has 2 amide bonds. The maximum atomic E-state index is 13.7. The number of fused-ring (bicyclic) bond motifs is 2. The summed E-state index contributed by atoms with van der Waals surface area (Å²) < 4.78 is 5.52. The smallest absolute Gasteiger partial charge is 0.410 e. The van der Waals surface area contributed by atoms with Gasteiger partial charge in [0.15, 0.2) is 0 Å². The molecule has 2 aliphatic heterocycles. The van der Waals surface area contributed by atoms with Crippen molar-refractivity contribution in [2.24, 2.45) is 0 Å². The molecule has 1 spiro atoms. The van der Waals surface area contributed by atoms with Gasteiger partial charge in [0.05, 0.1) is 12.0 Å². The van der Waals surface area contributed by atoms with E-state index in [1.807, 2.05) is 89.8 Å². The average molecular weight is 412 g/mol. The Hall–Kier alpha value is -3.60. The van der Waals surface area contributed by atoms with Crippen LogP contribution in [-0.2, 0) is 28.1 Å². The number of nitrogens with zero attached hydrogens (tertiary/aromatic N) is 2. The van der Waals surface area contributed by atoms with Crippen molar-refractivity contribution >= 4 is 17.7 Å². The van der Waals surface area contributed by atoms with Crippen LogP contribution in [0.1, 0.15) is 23.1 Å². The fourth-order valence-electron chi connectivity index (χ4n) is 4.69. The van der Waals surface area contributed by atoms with E-state index in [4.69, 9.17) is 4.74 Å². The van der Waals surface area contributed by atoms with Crippen molar-refractivity contribution in [2.75, 3.05) is 18.0 Å². The molecule has 0 aliphatic carbocycles. The van der Waals surface area contributed by atoms with Crippen molar-refractivity contribution in [1.82, 2.24) is 4.90 Å². The molecule has 5 rings (SSSR count). The molecule has 31 heavy (non-hydrogen) atoms. The third-order valence-electron chi connectivity index (χ3n) is 6.28. The quantitative estimate of drug-likeness (QED) is 0.633. The second kappa shape index (κ2) is 7.91. The maximum absolute atomic E-state index is 13.7. The maximum Gasteiger partial charge on any atom is 0.410 e. The van der Waals surface area contributed by atoms with Gasteiger partial charge in [-0.2, -0.15) is 0 Å². The third-order valence-corrected chi connectivity index (χ3v) is 6.28. The molecule has 3 aromatic carbocycles. The summed E-state index contributed by atoms with van der Waals surface area (Å²) in [5.74, 6) is 0.0657. The number of para-hydroxylation sites is 1. The lowest BCUT2D eigenvalue weighted by molar-refractivity contribution is -0.122. The summed E-state index contributed by atoms with van der Waals surface area (Å²) in [6.07, 6.45) is 0.238. The Morgan fingerprint density at radius 1 is 0.871 bits per heavy atom. The molecule has 3 aromatic rings. The Bertz CT molecular complexity index is 1100. The normalized spacial score (nSPS) is 19.7. The van der Waals surface area contributed by atoms with E-state index < -0.39 is 5.41 Å². The molecule has 1 fully saturated rings. The Kier molecular flexibility index (Phi) is 4.94.